The number of ketones is 1. The molecule has 0 spiro atoms. The minimum Gasteiger partial charge on any atom is -0.454 e. The van der Waals surface area contributed by atoms with Crippen molar-refractivity contribution >= 4 is 17.4 Å². The SMILES string of the molecule is O=C(COC(=O)c1cc2c(cc1[N+](=O)[O-])OCO2)c1ccc2c(c1)CCCC2. The van der Waals surface area contributed by atoms with Crippen LogP contribution in [0.15, 0.2) is 30.3 Å². The molecular weight excluding hydrogens is 366 g/mol. The molecule has 8 nitrogen and oxygen atoms in total. The van der Waals surface area contributed by atoms with Gasteiger partial charge in [-0.25, -0.2) is 4.79 Å². The third-order valence-corrected chi connectivity index (χ3v) is 4.91. The van der Waals surface area contributed by atoms with E-state index in [2.05, 4.69) is 0 Å². The molecule has 2 aliphatic rings. The molecule has 0 atom stereocenters. The summed E-state index contributed by atoms with van der Waals surface area (Å²) in [6.07, 6.45) is 4.17. The number of nitro benzene ring substituents is 1. The van der Waals surface area contributed by atoms with Crippen LogP contribution in [0.25, 0.3) is 0 Å². The van der Waals surface area contributed by atoms with E-state index in [1.54, 1.807) is 6.07 Å². The summed E-state index contributed by atoms with van der Waals surface area (Å²) < 4.78 is 15.3. The molecule has 144 valence electrons. The predicted molar refractivity (Wildman–Crippen MR) is 96.9 cm³/mol. The maximum Gasteiger partial charge on any atom is 0.345 e. The Morgan fingerprint density at radius 1 is 1.04 bits per heavy atom. The number of benzene rings is 2. The van der Waals surface area contributed by atoms with Crippen LogP contribution in [-0.4, -0.2) is 30.1 Å². The highest BCUT2D eigenvalue weighted by Gasteiger charge is 2.28. The van der Waals surface area contributed by atoms with Gasteiger partial charge in [0.15, 0.2) is 23.9 Å². The van der Waals surface area contributed by atoms with Crippen molar-refractivity contribution in [2.45, 2.75) is 25.7 Å². The van der Waals surface area contributed by atoms with Gasteiger partial charge in [-0.1, -0.05) is 12.1 Å². The average molecular weight is 383 g/mol. The molecule has 0 bridgehead atoms. The van der Waals surface area contributed by atoms with Crippen LogP contribution in [0.4, 0.5) is 5.69 Å². The summed E-state index contributed by atoms with van der Waals surface area (Å²) in [6.45, 7) is -0.578. The van der Waals surface area contributed by atoms with Gasteiger partial charge < -0.3 is 14.2 Å². The molecule has 0 fully saturated rings. The van der Waals surface area contributed by atoms with Crippen LogP contribution in [-0.2, 0) is 17.6 Å². The van der Waals surface area contributed by atoms with E-state index in [9.17, 15) is 19.7 Å². The van der Waals surface area contributed by atoms with Crippen LogP contribution in [0.1, 0.15) is 44.7 Å². The molecule has 0 radical (unpaired) electrons. The van der Waals surface area contributed by atoms with Gasteiger partial charge >= 0.3 is 5.97 Å². The summed E-state index contributed by atoms with van der Waals surface area (Å²) in [5.74, 6) is -0.909. The molecule has 1 heterocycles. The third-order valence-electron chi connectivity index (χ3n) is 4.91. The Bertz CT molecular complexity index is 983. The van der Waals surface area contributed by atoms with Crippen molar-refractivity contribution in [3.05, 3.63) is 62.7 Å². The zero-order valence-corrected chi connectivity index (χ0v) is 14.9. The minimum absolute atomic E-state index is 0.0815. The fourth-order valence-corrected chi connectivity index (χ4v) is 3.44. The smallest absolute Gasteiger partial charge is 0.345 e. The van der Waals surface area contributed by atoms with Crippen molar-refractivity contribution in [2.24, 2.45) is 0 Å². The maximum absolute atomic E-state index is 12.4. The van der Waals surface area contributed by atoms with Gasteiger partial charge in [0.1, 0.15) is 5.56 Å². The lowest BCUT2D eigenvalue weighted by atomic mass is 9.90. The summed E-state index contributed by atoms with van der Waals surface area (Å²) in [5.41, 5.74) is 2.11. The van der Waals surface area contributed by atoms with E-state index < -0.39 is 23.2 Å². The third kappa shape index (κ3) is 3.40. The van der Waals surface area contributed by atoms with E-state index in [1.165, 1.54) is 11.6 Å². The molecule has 0 unspecified atom stereocenters. The summed E-state index contributed by atoms with van der Waals surface area (Å²) in [5, 5.41) is 11.3. The van der Waals surface area contributed by atoms with Gasteiger partial charge in [0.05, 0.1) is 11.0 Å². The number of hydrogen-bond acceptors (Lipinski definition) is 7. The van der Waals surface area contributed by atoms with Gasteiger partial charge in [-0.2, -0.15) is 0 Å². The van der Waals surface area contributed by atoms with E-state index in [4.69, 9.17) is 14.2 Å². The van der Waals surface area contributed by atoms with Crippen LogP contribution in [0, 0.1) is 10.1 Å². The van der Waals surface area contributed by atoms with Crippen molar-refractivity contribution in [1.29, 1.82) is 0 Å². The molecule has 0 saturated carbocycles. The second kappa shape index (κ2) is 7.30. The van der Waals surface area contributed by atoms with E-state index >= 15 is 0 Å². The molecule has 0 amide bonds. The molecule has 1 aliphatic heterocycles. The van der Waals surface area contributed by atoms with Crippen molar-refractivity contribution in [3.63, 3.8) is 0 Å². The first-order chi connectivity index (χ1) is 13.5. The number of aryl methyl sites for hydroxylation is 2. The van der Waals surface area contributed by atoms with E-state index in [0.29, 0.717) is 5.56 Å². The fourth-order valence-electron chi connectivity index (χ4n) is 3.44. The number of fused-ring (bicyclic) bond motifs is 2. The van der Waals surface area contributed by atoms with Gasteiger partial charge in [-0.05, 0) is 42.9 Å². The molecular formula is C20H17NO7. The predicted octanol–water partition coefficient (Wildman–Crippen LogP) is 3.24. The number of nitro groups is 1. The summed E-state index contributed by atoms with van der Waals surface area (Å²) >= 11 is 0. The molecule has 2 aromatic carbocycles. The number of hydrogen-bond donors (Lipinski definition) is 0. The Balaban J connectivity index is 1.49. The number of esters is 1. The molecule has 1 aliphatic carbocycles. The standard InChI is InChI=1S/C20H17NO7/c22-17(14-6-5-12-3-1-2-4-13(12)7-14)10-26-20(23)15-8-18-19(28-11-27-18)9-16(15)21(24)25/h5-9H,1-4,10-11H2. The normalized spacial score (nSPS) is 14.3. The van der Waals surface area contributed by atoms with Crippen molar-refractivity contribution in [3.8, 4) is 11.5 Å². The average Bonchev–Trinajstić information content (AvgIpc) is 3.18. The molecule has 0 aromatic heterocycles. The van der Waals surface area contributed by atoms with Crippen molar-refractivity contribution < 1.29 is 28.7 Å². The van der Waals surface area contributed by atoms with Gasteiger partial charge in [-0.3, -0.25) is 14.9 Å². The highest BCUT2D eigenvalue weighted by molar-refractivity contribution is 6.00. The first-order valence-electron chi connectivity index (χ1n) is 8.93. The Kier molecular flexibility index (Phi) is 4.68. The second-order valence-corrected chi connectivity index (χ2v) is 6.67. The highest BCUT2D eigenvalue weighted by Crippen LogP contribution is 2.38. The highest BCUT2D eigenvalue weighted by atomic mass is 16.7. The van der Waals surface area contributed by atoms with Gasteiger partial charge in [0, 0.05) is 11.6 Å². The number of nitrogens with zero attached hydrogens (tertiary/aromatic N) is 1. The van der Waals surface area contributed by atoms with E-state index in [1.807, 2.05) is 12.1 Å². The summed E-state index contributed by atoms with van der Waals surface area (Å²) in [4.78, 5) is 35.3. The van der Waals surface area contributed by atoms with Crippen molar-refractivity contribution in [2.75, 3.05) is 13.4 Å². The molecule has 0 saturated heterocycles. The quantitative estimate of drug-likeness (QED) is 0.338. The molecule has 0 N–H and O–H groups in total. The zero-order valence-electron chi connectivity index (χ0n) is 14.9. The van der Waals surface area contributed by atoms with E-state index in [-0.39, 0.29) is 29.6 Å². The zero-order chi connectivity index (χ0) is 19.7. The lowest BCUT2D eigenvalue weighted by Gasteiger charge is -2.16. The molecule has 4 rings (SSSR count). The minimum atomic E-state index is -0.962. The van der Waals surface area contributed by atoms with Crippen molar-refractivity contribution in [1.82, 2.24) is 0 Å². The number of Topliss-reactive ketones (excluding diaryl/α,β-unsaturated/α-hetero) is 1. The van der Waals surface area contributed by atoms with Crippen LogP contribution in [0.3, 0.4) is 0 Å². The van der Waals surface area contributed by atoms with Crippen LogP contribution in [0.2, 0.25) is 0 Å². The van der Waals surface area contributed by atoms with Gasteiger partial charge in [0.25, 0.3) is 5.69 Å². The Labute approximate surface area is 160 Å². The number of carbonyl (C=O) groups excluding carboxylic acids is 2. The second-order valence-electron chi connectivity index (χ2n) is 6.67. The largest absolute Gasteiger partial charge is 0.454 e. The number of ether oxygens (including phenoxy) is 3. The fraction of sp³-hybridized carbons (Fsp3) is 0.300. The first kappa shape index (κ1) is 18.0. The molecule has 8 heteroatoms. The Morgan fingerprint density at radius 3 is 2.50 bits per heavy atom. The summed E-state index contributed by atoms with van der Waals surface area (Å²) in [6, 6.07) is 7.82. The van der Waals surface area contributed by atoms with Gasteiger partial charge in [-0.15, -0.1) is 0 Å². The first-order valence-corrected chi connectivity index (χ1v) is 8.93. The van der Waals surface area contributed by atoms with Crippen LogP contribution in [0.5, 0.6) is 11.5 Å². The van der Waals surface area contributed by atoms with Crippen LogP contribution < -0.4 is 9.47 Å². The van der Waals surface area contributed by atoms with Gasteiger partial charge in [0.2, 0.25) is 6.79 Å². The summed E-state index contributed by atoms with van der Waals surface area (Å²) in [7, 11) is 0. The van der Waals surface area contributed by atoms with Crippen LogP contribution >= 0.6 is 0 Å². The Morgan fingerprint density at radius 2 is 1.75 bits per heavy atom. The molecule has 2 aromatic rings. The number of carbonyl (C=O) groups is 2. The molecule has 28 heavy (non-hydrogen) atoms. The Hall–Kier alpha value is -3.42. The topological polar surface area (TPSA) is 105 Å². The lowest BCUT2D eigenvalue weighted by molar-refractivity contribution is -0.385. The monoisotopic (exact) mass is 383 g/mol. The number of rotatable bonds is 5. The lowest BCUT2D eigenvalue weighted by Crippen LogP contribution is -2.16. The van der Waals surface area contributed by atoms with E-state index in [0.717, 1.165) is 37.3 Å². The maximum atomic E-state index is 12.4.